The molecule has 0 atom stereocenters. The van der Waals surface area contributed by atoms with Crippen molar-refractivity contribution in [1.29, 1.82) is 0 Å². The lowest BCUT2D eigenvalue weighted by atomic mass is 10.3. The molecule has 2 aromatic heterocycles. The summed E-state index contributed by atoms with van der Waals surface area (Å²) in [6, 6.07) is 7.07. The highest BCUT2D eigenvalue weighted by molar-refractivity contribution is 5.77. The smallest absolute Gasteiger partial charge is 0.300 e. The van der Waals surface area contributed by atoms with Crippen LogP contribution in [0.2, 0.25) is 0 Å². The molecular formula is C16H24N4O5. The first-order valence-corrected chi connectivity index (χ1v) is 6.81. The molecule has 0 aliphatic rings. The Bertz CT molecular complexity index is 610. The third kappa shape index (κ3) is 10.4. The fraction of sp³-hybridized carbons (Fsp3) is 0.250. The Labute approximate surface area is 146 Å². The summed E-state index contributed by atoms with van der Waals surface area (Å²) in [5.74, 6) is 0.155. The predicted molar refractivity (Wildman–Crippen MR) is 93.2 cm³/mol. The van der Waals surface area contributed by atoms with E-state index in [0.29, 0.717) is 30.2 Å². The molecule has 0 amide bonds. The number of ether oxygens (including phenoxy) is 2. The van der Waals surface area contributed by atoms with Crippen LogP contribution in [-0.2, 0) is 11.3 Å². The Morgan fingerprint density at radius 1 is 1.16 bits per heavy atom. The molecule has 9 nitrogen and oxygen atoms in total. The van der Waals surface area contributed by atoms with Crippen LogP contribution in [0.5, 0.6) is 11.8 Å². The number of hydrogen-bond acceptors (Lipinski definition) is 8. The molecular weight excluding hydrogens is 328 g/mol. The van der Waals surface area contributed by atoms with Crippen LogP contribution in [0.4, 0.5) is 0 Å². The van der Waals surface area contributed by atoms with Crippen molar-refractivity contribution >= 4 is 12.3 Å². The lowest BCUT2D eigenvalue weighted by Crippen LogP contribution is -2.00. The summed E-state index contributed by atoms with van der Waals surface area (Å²) < 4.78 is 9.74. The predicted octanol–water partition coefficient (Wildman–Crippen LogP) is 1.70. The number of nitrogens with two attached hydrogens (primary N) is 1. The second kappa shape index (κ2) is 14.5. The van der Waals surface area contributed by atoms with E-state index in [9.17, 15) is 4.79 Å². The summed E-state index contributed by atoms with van der Waals surface area (Å²) in [5.41, 5.74) is 6.82. The Hall–Kier alpha value is -3.04. The van der Waals surface area contributed by atoms with Crippen LogP contribution in [0.25, 0.3) is 0 Å². The second-order valence-electron chi connectivity index (χ2n) is 4.11. The first kappa shape index (κ1) is 24.2. The quantitative estimate of drug-likeness (QED) is 0.696. The SMILES string of the molecule is CC(=O)O.COc1ncccc1C=O.COc1ncccc1CN.N. The minimum Gasteiger partial charge on any atom is -0.481 e. The van der Waals surface area contributed by atoms with Crippen LogP contribution in [-0.4, -0.2) is 41.5 Å². The summed E-state index contributed by atoms with van der Waals surface area (Å²) in [5, 5.41) is 7.42. The van der Waals surface area contributed by atoms with E-state index < -0.39 is 5.97 Å². The van der Waals surface area contributed by atoms with Gasteiger partial charge in [0.05, 0.1) is 19.8 Å². The normalized spacial score (nSPS) is 8.32. The second-order valence-corrected chi connectivity index (χ2v) is 4.11. The molecule has 0 aromatic carbocycles. The Balaban J connectivity index is 0. The van der Waals surface area contributed by atoms with Crippen LogP contribution in [0.3, 0.4) is 0 Å². The molecule has 0 saturated carbocycles. The minimum absolute atomic E-state index is 0. The van der Waals surface area contributed by atoms with Gasteiger partial charge in [-0.15, -0.1) is 0 Å². The fourth-order valence-corrected chi connectivity index (χ4v) is 1.43. The van der Waals surface area contributed by atoms with Crippen molar-refractivity contribution in [2.24, 2.45) is 5.73 Å². The highest BCUT2D eigenvalue weighted by Crippen LogP contribution is 2.11. The van der Waals surface area contributed by atoms with E-state index >= 15 is 0 Å². The van der Waals surface area contributed by atoms with Crippen molar-refractivity contribution in [2.75, 3.05) is 14.2 Å². The summed E-state index contributed by atoms with van der Waals surface area (Å²) in [7, 11) is 3.07. The van der Waals surface area contributed by atoms with Gasteiger partial charge in [0.15, 0.2) is 6.29 Å². The number of carboxylic acids is 1. The van der Waals surface area contributed by atoms with E-state index in [4.69, 9.17) is 25.1 Å². The monoisotopic (exact) mass is 352 g/mol. The van der Waals surface area contributed by atoms with Crippen LogP contribution in [0, 0.1) is 0 Å². The highest BCUT2D eigenvalue weighted by Gasteiger charge is 1.99. The van der Waals surface area contributed by atoms with Crippen molar-refractivity contribution in [1.82, 2.24) is 16.1 Å². The van der Waals surface area contributed by atoms with Gasteiger partial charge >= 0.3 is 0 Å². The van der Waals surface area contributed by atoms with E-state index in [0.717, 1.165) is 12.5 Å². The van der Waals surface area contributed by atoms with Crippen LogP contribution in [0.1, 0.15) is 22.8 Å². The molecule has 0 fully saturated rings. The average Bonchev–Trinajstić information content (AvgIpc) is 2.61. The number of methoxy groups -OCH3 is 2. The number of aliphatic carboxylic acids is 1. The van der Waals surface area contributed by atoms with Crippen molar-refractivity contribution in [2.45, 2.75) is 13.5 Å². The fourth-order valence-electron chi connectivity index (χ4n) is 1.43. The number of nitrogens with zero attached hydrogens (tertiary/aromatic N) is 2. The van der Waals surface area contributed by atoms with Gasteiger partial charge in [-0.25, -0.2) is 9.97 Å². The van der Waals surface area contributed by atoms with Gasteiger partial charge in [0.25, 0.3) is 5.97 Å². The van der Waals surface area contributed by atoms with Gasteiger partial charge in [0.2, 0.25) is 11.8 Å². The highest BCUT2D eigenvalue weighted by atomic mass is 16.5. The van der Waals surface area contributed by atoms with Crippen LogP contribution in [0.15, 0.2) is 36.7 Å². The van der Waals surface area contributed by atoms with Gasteiger partial charge in [-0.1, -0.05) is 6.07 Å². The maximum Gasteiger partial charge on any atom is 0.300 e. The Morgan fingerprint density at radius 2 is 1.64 bits per heavy atom. The molecule has 0 bridgehead atoms. The molecule has 2 rings (SSSR count). The number of carboxylic acid groups (broad SMARTS) is 1. The maximum absolute atomic E-state index is 10.3. The lowest BCUT2D eigenvalue weighted by molar-refractivity contribution is -0.134. The summed E-state index contributed by atoms with van der Waals surface area (Å²) in [6.07, 6.45) is 3.97. The van der Waals surface area contributed by atoms with Gasteiger partial charge in [-0.3, -0.25) is 9.59 Å². The number of pyridine rings is 2. The summed E-state index contributed by atoms with van der Waals surface area (Å²) >= 11 is 0. The van der Waals surface area contributed by atoms with Gasteiger partial charge in [0.1, 0.15) is 0 Å². The number of hydrogen-bond donors (Lipinski definition) is 3. The largest absolute Gasteiger partial charge is 0.481 e. The molecule has 0 radical (unpaired) electrons. The molecule has 25 heavy (non-hydrogen) atoms. The summed E-state index contributed by atoms with van der Waals surface area (Å²) in [4.78, 5) is 27.0. The van der Waals surface area contributed by atoms with Gasteiger partial charge < -0.3 is 26.5 Å². The maximum atomic E-state index is 10.3. The third-order valence-corrected chi connectivity index (χ3v) is 2.38. The molecule has 0 unspecified atom stereocenters. The number of rotatable bonds is 4. The number of aldehydes is 1. The van der Waals surface area contributed by atoms with E-state index in [1.165, 1.54) is 7.11 Å². The van der Waals surface area contributed by atoms with Crippen molar-refractivity contribution < 1.29 is 24.2 Å². The number of carbonyl (C=O) groups excluding carboxylic acids is 1. The van der Waals surface area contributed by atoms with Crippen LogP contribution < -0.4 is 21.4 Å². The molecule has 0 aliphatic carbocycles. The van der Waals surface area contributed by atoms with Crippen molar-refractivity contribution in [3.8, 4) is 11.8 Å². The zero-order chi connectivity index (χ0) is 18.4. The molecule has 0 spiro atoms. The van der Waals surface area contributed by atoms with Crippen molar-refractivity contribution in [3.05, 3.63) is 47.8 Å². The molecule has 138 valence electrons. The van der Waals surface area contributed by atoms with Gasteiger partial charge in [-0.2, -0.15) is 0 Å². The number of aromatic nitrogens is 2. The van der Waals surface area contributed by atoms with Gasteiger partial charge in [0, 0.05) is 31.4 Å². The third-order valence-electron chi connectivity index (χ3n) is 2.38. The first-order valence-electron chi connectivity index (χ1n) is 6.81. The molecule has 2 heterocycles. The van der Waals surface area contributed by atoms with Gasteiger partial charge in [-0.05, 0) is 18.2 Å². The van der Waals surface area contributed by atoms with E-state index in [1.807, 2.05) is 12.1 Å². The molecule has 6 N–H and O–H groups in total. The lowest BCUT2D eigenvalue weighted by Gasteiger charge is -2.02. The van der Waals surface area contributed by atoms with Crippen molar-refractivity contribution in [3.63, 3.8) is 0 Å². The zero-order valence-corrected chi connectivity index (χ0v) is 14.5. The topological polar surface area (TPSA) is 160 Å². The summed E-state index contributed by atoms with van der Waals surface area (Å²) in [6.45, 7) is 1.55. The van der Waals surface area contributed by atoms with Crippen LogP contribution >= 0.6 is 0 Å². The minimum atomic E-state index is -0.833. The Morgan fingerprint density at radius 3 is 2.00 bits per heavy atom. The van der Waals surface area contributed by atoms with E-state index in [1.54, 1.807) is 31.6 Å². The zero-order valence-electron chi connectivity index (χ0n) is 14.5. The standard InChI is InChI=1S/C7H10N2O.C7H7NO2.C2H4O2.H3N/c1-10-7-6(5-8)3-2-4-9-7;1-10-7-6(5-9)3-2-4-8-7;1-2(3)4;/h2-4H,5,8H2,1H3;2-5H,1H3;1H3,(H,3,4);1H3. The van der Waals surface area contributed by atoms with E-state index in [2.05, 4.69) is 9.97 Å². The number of carbonyl (C=O) groups is 2. The molecule has 0 aliphatic heterocycles. The Kier molecular flexibility index (Phi) is 14.1. The average molecular weight is 352 g/mol. The first-order chi connectivity index (χ1) is 11.5. The molecule has 2 aromatic rings. The van der Waals surface area contributed by atoms with E-state index in [-0.39, 0.29) is 6.15 Å². The molecule has 0 saturated heterocycles. The molecule has 9 heteroatoms.